The third-order valence-electron chi connectivity index (χ3n) is 1.05. The van der Waals surface area contributed by atoms with Crippen LogP contribution in [0.1, 0.15) is 0 Å². The van der Waals surface area contributed by atoms with Crippen molar-refractivity contribution in [3.63, 3.8) is 0 Å². The first-order valence-electron chi connectivity index (χ1n) is 2.71. The van der Waals surface area contributed by atoms with Gasteiger partial charge in [-0.1, -0.05) is 0 Å². The van der Waals surface area contributed by atoms with E-state index in [4.69, 9.17) is 15.3 Å². The van der Waals surface area contributed by atoms with Crippen LogP contribution < -0.4 is 34.7 Å². The summed E-state index contributed by atoms with van der Waals surface area (Å²) < 4.78 is 0. The van der Waals surface area contributed by atoms with E-state index >= 15 is 0 Å². The molecule has 6 nitrogen and oxygen atoms in total. The molecule has 0 aromatic heterocycles. The van der Waals surface area contributed by atoms with Gasteiger partial charge in [-0.2, -0.15) is 0 Å². The molecule has 0 amide bonds. The van der Waals surface area contributed by atoms with Gasteiger partial charge >= 0.3 is 29.6 Å². The first-order chi connectivity index (χ1) is 5.00. The van der Waals surface area contributed by atoms with Crippen LogP contribution in [-0.4, -0.2) is 45.9 Å². The van der Waals surface area contributed by atoms with Gasteiger partial charge in [0, 0.05) is 0 Å². The van der Waals surface area contributed by atoms with E-state index in [-0.39, 0.29) is 35.8 Å². The van der Waals surface area contributed by atoms with Gasteiger partial charge < -0.3 is 30.0 Å². The SMILES string of the molecule is O=C[C@H](O)[C@@H](O)[C@H](O)C(=O)[O-].[Na+]. The number of aldehydes is 1. The Labute approximate surface area is 90.1 Å². The second kappa shape index (κ2) is 6.53. The Balaban J connectivity index is 0. The molecule has 0 saturated carbocycles. The van der Waals surface area contributed by atoms with Crippen molar-refractivity contribution in [2.45, 2.75) is 18.3 Å². The molecule has 0 fully saturated rings. The Morgan fingerprint density at radius 1 is 1.33 bits per heavy atom. The van der Waals surface area contributed by atoms with Crippen LogP contribution in [0.3, 0.4) is 0 Å². The van der Waals surface area contributed by atoms with Crippen LogP contribution in [0.2, 0.25) is 0 Å². The molecule has 0 heterocycles. The van der Waals surface area contributed by atoms with Crippen LogP contribution in [0.4, 0.5) is 0 Å². The van der Waals surface area contributed by atoms with Crippen LogP contribution in [0.15, 0.2) is 0 Å². The van der Waals surface area contributed by atoms with Crippen molar-refractivity contribution in [1.29, 1.82) is 0 Å². The van der Waals surface area contributed by atoms with Crippen LogP contribution >= 0.6 is 0 Å². The van der Waals surface area contributed by atoms with Crippen molar-refractivity contribution < 1.29 is 59.6 Å². The molecule has 0 aromatic carbocycles. The van der Waals surface area contributed by atoms with E-state index in [2.05, 4.69) is 0 Å². The first-order valence-corrected chi connectivity index (χ1v) is 2.71. The number of aliphatic hydroxyl groups is 3. The smallest absolute Gasteiger partial charge is 0.547 e. The van der Waals surface area contributed by atoms with E-state index in [0.717, 1.165) is 0 Å². The van der Waals surface area contributed by atoms with E-state index in [9.17, 15) is 14.7 Å². The molecular formula is C5H7NaO6. The molecule has 0 unspecified atom stereocenters. The maximum atomic E-state index is 9.81. The average molecular weight is 186 g/mol. The molecule has 0 spiro atoms. The number of carbonyl (C=O) groups excluding carboxylic acids is 2. The van der Waals surface area contributed by atoms with Crippen molar-refractivity contribution in [2.75, 3.05) is 0 Å². The zero-order valence-corrected chi connectivity index (χ0v) is 8.38. The molecule has 64 valence electrons. The Morgan fingerprint density at radius 2 is 1.75 bits per heavy atom. The van der Waals surface area contributed by atoms with E-state index in [0.29, 0.717) is 0 Å². The zero-order valence-electron chi connectivity index (χ0n) is 6.38. The predicted molar refractivity (Wildman–Crippen MR) is 29.1 cm³/mol. The minimum Gasteiger partial charge on any atom is -0.547 e. The van der Waals surface area contributed by atoms with Crippen molar-refractivity contribution >= 4 is 12.3 Å². The maximum Gasteiger partial charge on any atom is 1.00 e. The van der Waals surface area contributed by atoms with Gasteiger partial charge in [0.25, 0.3) is 0 Å². The Kier molecular flexibility index (Phi) is 7.91. The van der Waals surface area contributed by atoms with Crippen LogP contribution in [0.5, 0.6) is 0 Å². The van der Waals surface area contributed by atoms with Gasteiger partial charge in [0.2, 0.25) is 0 Å². The summed E-state index contributed by atoms with van der Waals surface area (Å²) in [4.78, 5) is 19.6. The minimum absolute atomic E-state index is 0. The van der Waals surface area contributed by atoms with Gasteiger partial charge in [0.1, 0.15) is 18.3 Å². The number of rotatable bonds is 4. The first kappa shape index (κ1) is 14.5. The molecule has 0 rings (SSSR count). The van der Waals surface area contributed by atoms with Crippen molar-refractivity contribution in [3.8, 4) is 0 Å². The topological polar surface area (TPSA) is 118 Å². The fourth-order valence-electron chi connectivity index (χ4n) is 0.407. The fourth-order valence-corrected chi connectivity index (χ4v) is 0.407. The summed E-state index contributed by atoms with van der Waals surface area (Å²) in [5.74, 6) is -1.95. The zero-order chi connectivity index (χ0) is 9.02. The number of hydrogen-bond acceptors (Lipinski definition) is 6. The van der Waals surface area contributed by atoms with Gasteiger partial charge in [0.15, 0.2) is 6.29 Å². The fraction of sp³-hybridized carbons (Fsp3) is 0.600. The van der Waals surface area contributed by atoms with Crippen LogP contribution in [0.25, 0.3) is 0 Å². The molecule has 0 aromatic rings. The quantitative estimate of drug-likeness (QED) is 0.296. The van der Waals surface area contributed by atoms with Gasteiger partial charge in [-0.3, -0.25) is 0 Å². The second-order valence-electron chi connectivity index (χ2n) is 1.88. The number of carboxylic acid groups (broad SMARTS) is 1. The van der Waals surface area contributed by atoms with Gasteiger partial charge in [0.05, 0.1) is 5.97 Å². The van der Waals surface area contributed by atoms with Crippen LogP contribution in [-0.2, 0) is 9.59 Å². The molecule has 12 heavy (non-hydrogen) atoms. The number of aliphatic carboxylic acids is 1. The van der Waals surface area contributed by atoms with E-state index < -0.39 is 24.3 Å². The molecule has 0 radical (unpaired) electrons. The Bertz CT molecular complexity index is 160. The minimum atomic E-state index is -2.25. The number of hydrogen-bond donors (Lipinski definition) is 3. The summed E-state index contributed by atoms with van der Waals surface area (Å²) in [5.41, 5.74) is 0. The van der Waals surface area contributed by atoms with Gasteiger partial charge in [-0.15, -0.1) is 0 Å². The normalized spacial score (nSPS) is 16.9. The maximum absolute atomic E-state index is 9.81. The van der Waals surface area contributed by atoms with E-state index in [1.807, 2.05) is 0 Å². The summed E-state index contributed by atoms with van der Waals surface area (Å²) in [5, 5.41) is 35.4. The molecular weight excluding hydrogens is 179 g/mol. The third-order valence-corrected chi connectivity index (χ3v) is 1.05. The summed E-state index contributed by atoms with van der Waals surface area (Å²) in [6.45, 7) is 0. The monoisotopic (exact) mass is 186 g/mol. The predicted octanol–water partition coefficient (Wildman–Crippen LogP) is -6.98. The summed E-state index contributed by atoms with van der Waals surface area (Å²) in [7, 11) is 0. The Hall–Kier alpha value is 0.0200. The average Bonchev–Trinajstić information content (AvgIpc) is 2.00. The number of aliphatic hydroxyl groups excluding tert-OH is 3. The number of carbonyl (C=O) groups is 2. The number of carboxylic acids is 1. The van der Waals surface area contributed by atoms with E-state index in [1.54, 1.807) is 0 Å². The molecule has 7 heteroatoms. The summed E-state index contributed by atoms with van der Waals surface area (Å²) in [6.07, 6.45) is -6.30. The van der Waals surface area contributed by atoms with Gasteiger partial charge in [-0.05, 0) is 0 Å². The molecule has 3 atom stereocenters. The third kappa shape index (κ3) is 4.15. The Morgan fingerprint density at radius 3 is 2.00 bits per heavy atom. The van der Waals surface area contributed by atoms with Gasteiger partial charge in [-0.25, -0.2) is 0 Å². The molecule has 0 aliphatic rings. The second-order valence-corrected chi connectivity index (χ2v) is 1.88. The molecule has 0 saturated heterocycles. The molecule has 3 N–H and O–H groups in total. The molecule has 0 aliphatic carbocycles. The largest absolute Gasteiger partial charge is 1.00 e. The molecule has 0 aliphatic heterocycles. The van der Waals surface area contributed by atoms with Crippen molar-refractivity contribution in [3.05, 3.63) is 0 Å². The standard InChI is InChI=1S/C5H8O6.Na/c6-1-2(7)3(8)4(9)5(10)11;/h1-4,7-9H,(H,10,11);/q;+1/p-1/t2-,3+,4-;/m0./s1. The van der Waals surface area contributed by atoms with E-state index in [1.165, 1.54) is 0 Å². The van der Waals surface area contributed by atoms with Crippen molar-refractivity contribution in [2.24, 2.45) is 0 Å². The van der Waals surface area contributed by atoms with Crippen molar-refractivity contribution in [1.82, 2.24) is 0 Å². The summed E-state index contributed by atoms with van der Waals surface area (Å²) >= 11 is 0. The molecule has 0 bridgehead atoms. The van der Waals surface area contributed by atoms with Crippen LogP contribution in [0, 0.1) is 0 Å². The summed E-state index contributed by atoms with van der Waals surface area (Å²) in [6, 6.07) is 0.